The first kappa shape index (κ1) is 19.4. The second kappa shape index (κ2) is 8.20. The van der Waals surface area contributed by atoms with E-state index in [2.05, 4.69) is 15.5 Å². The maximum Gasteiger partial charge on any atom is 0.322 e. The van der Waals surface area contributed by atoms with Gasteiger partial charge in [-0.1, -0.05) is 11.2 Å². The van der Waals surface area contributed by atoms with Crippen molar-refractivity contribution in [1.82, 2.24) is 15.0 Å². The number of thioether (sulfide) groups is 1. The topological polar surface area (TPSA) is 71.3 Å². The smallest absolute Gasteiger partial charge is 0.322 e. The van der Waals surface area contributed by atoms with Gasteiger partial charge in [0.1, 0.15) is 17.7 Å². The van der Waals surface area contributed by atoms with Gasteiger partial charge in [-0.3, -0.25) is 0 Å². The predicted octanol–water partition coefficient (Wildman–Crippen LogP) is 5.11. The van der Waals surface area contributed by atoms with Crippen LogP contribution < -0.4 is 5.32 Å². The number of nitrogens with one attached hydrogen (secondary N) is 1. The van der Waals surface area contributed by atoms with Crippen LogP contribution in [0.4, 0.5) is 19.3 Å². The molecule has 2 amide bonds. The lowest BCUT2D eigenvalue weighted by Gasteiger charge is -2.22. The Morgan fingerprint density at radius 2 is 2.14 bits per heavy atom. The van der Waals surface area contributed by atoms with Crippen LogP contribution in [-0.2, 0) is 0 Å². The Balaban J connectivity index is 1.52. The van der Waals surface area contributed by atoms with E-state index < -0.39 is 17.7 Å². The summed E-state index contributed by atoms with van der Waals surface area (Å²) in [6.07, 6.45) is 3.41. The van der Waals surface area contributed by atoms with Crippen molar-refractivity contribution < 1.29 is 18.1 Å². The summed E-state index contributed by atoms with van der Waals surface area (Å²) in [5.74, 6) is -1.20. The molecule has 1 aliphatic rings. The second-order valence-electron chi connectivity index (χ2n) is 6.59. The van der Waals surface area contributed by atoms with Crippen molar-refractivity contribution in [2.45, 2.75) is 23.8 Å². The van der Waals surface area contributed by atoms with Gasteiger partial charge in [-0.2, -0.15) is 4.98 Å². The van der Waals surface area contributed by atoms with Crippen LogP contribution in [0.5, 0.6) is 0 Å². The van der Waals surface area contributed by atoms with Crippen molar-refractivity contribution in [1.29, 1.82) is 0 Å². The number of likely N-dealkylation sites (tertiary alicyclic amines) is 1. The molecule has 1 fully saturated rings. The number of carbonyl (C=O) groups excluding carboxylic acids is 1. The molecule has 1 aliphatic heterocycles. The van der Waals surface area contributed by atoms with Crippen LogP contribution in [0.3, 0.4) is 0 Å². The molecule has 150 valence electrons. The van der Waals surface area contributed by atoms with Gasteiger partial charge >= 0.3 is 6.03 Å². The highest BCUT2D eigenvalue weighted by molar-refractivity contribution is 7.98. The van der Waals surface area contributed by atoms with Crippen molar-refractivity contribution in [3.8, 4) is 11.4 Å². The number of nitrogens with zero attached hydrogens (tertiary/aromatic N) is 3. The molecule has 0 saturated carbocycles. The zero-order valence-electron chi connectivity index (χ0n) is 15.6. The van der Waals surface area contributed by atoms with Gasteiger partial charge in [-0.25, -0.2) is 13.6 Å². The highest BCUT2D eigenvalue weighted by Gasteiger charge is 2.34. The van der Waals surface area contributed by atoms with Crippen LogP contribution in [0.1, 0.15) is 24.8 Å². The van der Waals surface area contributed by atoms with Crippen molar-refractivity contribution in [2.24, 2.45) is 0 Å². The Morgan fingerprint density at radius 1 is 1.28 bits per heavy atom. The molecule has 1 saturated heterocycles. The minimum atomic E-state index is -0.771. The molecule has 4 rings (SSSR count). The normalized spacial score (nSPS) is 16.2. The van der Waals surface area contributed by atoms with Crippen LogP contribution in [0.15, 0.2) is 51.9 Å². The number of hydrogen-bond donors (Lipinski definition) is 1. The average Bonchev–Trinajstić information content (AvgIpc) is 3.37. The zero-order valence-corrected chi connectivity index (χ0v) is 16.4. The number of urea groups is 1. The molecule has 29 heavy (non-hydrogen) atoms. The van der Waals surface area contributed by atoms with Crippen LogP contribution in [0, 0.1) is 11.6 Å². The molecule has 9 heteroatoms. The molecule has 1 aromatic heterocycles. The molecule has 1 unspecified atom stereocenters. The molecule has 1 atom stereocenters. The quantitative estimate of drug-likeness (QED) is 0.599. The first-order chi connectivity index (χ1) is 14.0. The van der Waals surface area contributed by atoms with E-state index in [4.69, 9.17) is 4.52 Å². The van der Waals surface area contributed by atoms with Gasteiger partial charge < -0.3 is 14.7 Å². The zero-order chi connectivity index (χ0) is 20.4. The van der Waals surface area contributed by atoms with Crippen molar-refractivity contribution in [2.75, 3.05) is 18.1 Å². The summed E-state index contributed by atoms with van der Waals surface area (Å²) < 4.78 is 32.4. The molecule has 3 aromatic rings. The number of rotatable bonds is 4. The average molecular weight is 416 g/mol. The van der Waals surface area contributed by atoms with Crippen molar-refractivity contribution in [3.63, 3.8) is 0 Å². The molecular weight excluding hydrogens is 398 g/mol. The monoisotopic (exact) mass is 416 g/mol. The summed E-state index contributed by atoms with van der Waals surface area (Å²) in [6, 6.07) is 10.1. The van der Waals surface area contributed by atoms with E-state index >= 15 is 0 Å². The molecule has 0 radical (unpaired) electrons. The Labute approximate surface area is 170 Å². The Kier molecular flexibility index (Phi) is 5.48. The maximum absolute atomic E-state index is 14.0. The second-order valence-corrected chi connectivity index (χ2v) is 7.47. The van der Waals surface area contributed by atoms with Gasteiger partial charge in [0.15, 0.2) is 0 Å². The summed E-state index contributed by atoms with van der Waals surface area (Å²) >= 11 is 1.59. The standard InChI is InChI=1S/C20H18F2N4O2S/c1-29-14-5-2-4-13(11-14)23-20(27)26-9-3-6-17(26)19-24-18(25-28-19)15-8-7-12(21)10-16(15)22/h2,4-5,7-8,10-11,17H,3,6,9H2,1H3,(H,23,27). The van der Waals surface area contributed by atoms with E-state index in [-0.39, 0.29) is 23.3 Å². The summed E-state index contributed by atoms with van der Waals surface area (Å²) in [4.78, 5) is 19.7. The minimum Gasteiger partial charge on any atom is -0.337 e. The van der Waals surface area contributed by atoms with Gasteiger partial charge in [-0.05, 0) is 49.4 Å². The van der Waals surface area contributed by atoms with Crippen molar-refractivity contribution in [3.05, 3.63) is 60.0 Å². The summed E-state index contributed by atoms with van der Waals surface area (Å²) in [7, 11) is 0. The molecule has 2 heterocycles. The maximum atomic E-state index is 14.0. The van der Waals surface area contributed by atoms with Crippen LogP contribution >= 0.6 is 11.8 Å². The number of aromatic nitrogens is 2. The lowest BCUT2D eigenvalue weighted by atomic mass is 10.2. The molecule has 1 N–H and O–H groups in total. The number of halogens is 2. The van der Waals surface area contributed by atoms with E-state index in [1.807, 2.05) is 30.5 Å². The van der Waals surface area contributed by atoms with E-state index in [0.29, 0.717) is 18.7 Å². The Bertz CT molecular complexity index is 1040. The molecule has 2 aromatic carbocycles. The fourth-order valence-electron chi connectivity index (χ4n) is 3.31. The first-order valence-corrected chi connectivity index (χ1v) is 10.3. The SMILES string of the molecule is CSc1cccc(NC(=O)N2CCCC2c2nc(-c3ccc(F)cc3F)no2)c1. The Morgan fingerprint density at radius 3 is 2.93 bits per heavy atom. The molecule has 6 nitrogen and oxygen atoms in total. The minimum absolute atomic E-state index is 0.0254. The summed E-state index contributed by atoms with van der Waals surface area (Å²) in [6.45, 7) is 0.543. The number of hydrogen-bond acceptors (Lipinski definition) is 5. The molecular formula is C20H18F2N4O2S. The highest BCUT2D eigenvalue weighted by atomic mass is 32.2. The Hall–Kier alpha value is -2.94. The van der Waals surface area contributed by atoms with Gasteiger partial charge in [0, 0.05) is 23.2 Å². The van der Waals surface area contributed by atoms with E-state index in [9.17, 15) is 13.6 Å². The molecule has 0 aliphatic carbocycles. The molecule has 0 spiro atoms. The van der Waals surface area contributed by atoms with E-state index in [1.54, 1.807) is 16.7 Å². The van der Waals surface area contributed by atoms with Crippen LogP contribution in [-0.4, -0.2) is 33.9 Å². The van der Waals surface area contributed by atoms with Gasteiger partial charge in [-0.15, -0.1) is 11.8 Å². The van der Waals surface area contributed by atoms with Gasteiger partial charge in [0.05, 0.1) is 5.56 Å². The van der Waals surface area contributed by atoms with Gasteiger partial charge in [0.2, 0.25) is 11.7 Å². The first-order valence-electron chi connectivity index (χ1n) is 9.06. The fourth-order valence-corrected chi connectivity index (χ4v) is 3.77. The van der Waals surface area contributed by atoms with Gasteiger partial charge in [0.25, 0.3) is 0 Å². The molecule has 0 bridgehead atoms. The third-order valence-corrected chi connectivity index (χ3v) is 5.46. The fraction of sp³-hybridized carbons (Fsp3) is 0.250. The van der Waals surface area contributed by atoms with E-state index in [1.165, 1.54) is 6.07 Å². The van der Waals surface area contributed by atoms with Crippen LogP contribution in [0.25, 0.3) is 11.4 Å². The lowest BCUT2D eigenvalue weighted by molar-refractivity contribution is 0.193. The van der Waals surface area contributed by atoms with Crippen LogP contribution in [0.2, 0.25) is 0 Å². The predicted molar refractivity (Wildman–Crippen MR) is 106 cm³/mol. The number of benzene rings is 2. The third-order valence-electron chi connectivity index (χ3n) is 4.73. The number of amides is 2. The summed E-state index contributed by atoms with van der Waals surface area (Å²) in [5, 5.41) is 6.71. The van der Waals surface area contributed by atoms with E-state index in [0.717, 1.165) is 23.4 Å². The number of anilines is 1. The highest BCUT2D eigenvalue weighted by Crippen LogP contribution is 2.33. The largest absolute Gasteiger partial charge is 0.337 e. The lowest BCUT2D eigenvalue weighted by Crippen LogP contribution is -2.34. The summed E-state index contributed by atoms with van der Waals surface area (Å²) in [5.41, 5.74) is 0.747. The van der Waals surface area contributed by atoms with Crippen molar-refractivity contribution >= 4 is 23.5 Å². The third kappa shape index (κ3) is 4.09. The number of carbonyl (C=O) groups is 1.